The fraction of sp³-hybridized carbons (Fsp3) is 0.500. The molecule has 2 aromatic rings. The van der Waals surface area contributed by atoms with Crippen LogP contribution in [0.5, 0.6) is 0 Å². The lowest BCUT2D eigenvalue weighted by atomic mass is 10.1. The van der Waals surface area contributed by atoms with Gasteiger partial charge >= 0.3 is 0 Å². The maximum absolute atomic E-state index is 5.45. The Bertz CT molecular complexity index is 516. The molecule has 1 heterocycles. The molecule has 4 heteroatoms. The zero-order valence-electron chi connectivity index (χ0n) is 11.2. The summed E-state index contributed by atoms with van der Waals surface area (Å²) in [5, 5.41) is 3.39. The maximum atomic E-state index is 5.45. The molecule has 3 N–H and O–H groups in total. The Kier molecular flexibility index (Phi) is 4.33. The maximum Gasteiger partial charge on any atom is 0.106 e. The molecule has 4 nitrogen and oxygen atoms in total. The van der Waals surface area contributed by atoms with Crippen LogP contribution in [-0.4, -0.2) is 29.2 Å². The number of imidazole rings is 1. The van der Waals surface area contributed by atoms with E-state index in [-0.39, 0.29) is 0 Å². The topological polar surface area (TPSA) is 55.9 Å². The van der Waals surface area contributed by atoms with Gasteiger partial charge in [0.15, 0.2) is 0 Å². The van der Waals surface area contributed by atoms with Crippen LogP contribution in [0, 0.1) is 6.92 Å². The highest BCUT2D eigenvalue weighted by Gasteiger charge is 2.04. The van der Waals surface area contributed by atoms with Gasteiger partial charge in [-0.2, -0.15) is 0 Å². The van der Waals surface area contributed by atoms with Crippen molar-refractivity contribution in [3.63, 3.8) is 0 Å². The van der Waals surface area contributed by atoms with E-state index in [1.807, 2.05) is 6.92 Å². The number of aryl methyl sites for hydroxylation is 2. The molecule has 0 saturated heterocycles. The van der Waals surface area contributed by atoms with Crippen molar-refractivity contribution in [1.29, 1.82) is 0 Å². The van der Waals surface area contributed by atoms with Crippen molar-refractivity contribution in [2.45, 2.75) is 19.8 Å². The molecule has 0 aliphatic carbocycles. The van der Waals surface area contributed by atoms with E-state index < -0.39 is 0 Å². The number of nitrogens with two attached hydrogens (primary N) is 1. The van der Waals surface area contributed by atoms with Gasteiger partial charge in [0, 0.05) is 7.05 Å². The average molecular weight is 246 g/mol. The van der Waals surface area contributed by atoms with Crippen LogP contribution >= 0.6 is 0 Å². The first kappa shape index (κ1) is 13.1. The van der Waals surface area contributed by atoms with E-state index in [4.69, 9.17) is 5.73 Å². The molecule has 0 fully saturated rings. The molecule has 98 valence electrons. The van der Waals surface area contributed by atoms with Crippen LogP contribution in [0.2, 0.25) is 0 Å². The first-order chi connectivity index (χ1) is 8.72. The predicted molar refractivity (Wildman–Crippen MR) is 75.7 cm³/mol. The Labute approximate surface area is 108 Å². The minimum absolute atomic E-state index is 0.756. The van der Waals surface area contributed by atoms with Crippen molar-refractivity contribution < 1.29 is 0 Å². The van der Waals surface area contributed by atoms with Gasteiger partial charge in [0.05, 0.1) is 11.0 Å². The normalized spacial score (nSPS) is 11.3. The number of aromatic nitrogens is 2. The van der Waals surface area contributed by atoms with Gasteiger partial charge in [0.25, 0.3) is 0 Å². The highest BCUT2D eigenvalue weighted by molar-refractivity contribution is 5.76. The SMILES string of the molecule is Cc1nc2cc(CCNCCCN)ccc2n1C. The molecule has 0 bridgehead atoms. The second kappa shape index (κ2) is 5.98. The van der Waals surface area contributed by atoms with Crippen LogP contribution < -0.4 is 11.1 Å². The highest BCUT2D eigenvalue weighted by atomic mass is 15.0. The second-order valence-electron chi connectivity index (χ2n) is 4.68. The molecule has 1 aromatic carbocycles. The molecule has 0 amide bonds. The molecule has 0 saturated carbocycles. The molecular weight excluding hydrogens is 224 g/mol. The third-order valence-corrected chi connectivity index (χ3v) is 3.32. The van der Waals surface area contributed by atoms with Gasteiger partial charge in [-0.05, 0) is 57.1 Å². The third kappa shape index (κ3) is 2.89. The summed E-state index contributed by atoms with van der Waals surface area (Å²) in [5.74, 6) is 1.06. The number of hydrogen-bond acceptors (Lipinski definition) is 3. The molecule has 0 atom stereocenters. The molecule has 0 radical (unpaired) electrons. The van der Waals surface area contributed by atoms with Gasteiger partial charge < -0.3 is 15.6 Å². The van der Waals surface area contributed by atoms with E-state index in [1.165, 1.54) is 11.1 Å². The van der Waals surface area contributed by atoms with Gasteiger partial charge in [0.2, 0.25) is 0 Å². The van der Waals surface area contributed by atoms with E-state index in [1.54, 1.807) is 0 Å². The minimum atomic E-state index is 0.756. The number of fused-ring (bicyclic) bond motifs is 1. The Hall–Kier alpha value is -1.39. The van der Waals surface area contributed by atoms with Crippen LogP contribution in [0.4, 0.5) is 0 Å². The largest absolute Gasteiger partial charge is 0.331 e. The van der Waals surface area contributed by atoms with Crippen molar-refractivity contribution in [3.8, 4) is 0 Å². The first-order valence-electron chi connectivity index (χ1n) is 6.55. The lowest BCUT2D eigenvalue weighted by Gasteiger charge is -2.04. The van der Waals surface area contributed by atoms with Gasteiger partial charge in [-0.15, -0.1) is 0 Å². The van der Waals surface area contributed by atoms with Gasteiger partial charge in [-0.3, -0.25) is 0 Å². The van der Waals surface area contributed by atoms with Crippen LogP contribution in [0.3, 0.4) is 0 Å². The Balaban J connectivity index is 1.98. The zero-order chi connectivity index (χ0) is 13.0. The smallest absolute Gasteiger partial charge is 0.106 e. The molecule has 0 unspecified atom stereocenters. The second-order valence-corrected chi connectivity index (χ2v) is 4.68. The number of rotatable bonds is 6. The highest BCUT2D eigenvalue weighted by Crippen LogP contribution is 2.16. The Morgan fingerprint density at radius 1 is 1.33 bits per heavy atom. The summed E-state index contributed by atoms with van der Waals surface area (Å²) in [7, 11) is 2.05. The molecule has 0 spiro atoms. The minimum Gasteiger partial charge on any atom is -0.331 e. The fourth-order valence-corrected chi connectivity index (χ4v) is 2.11. The van der Waals surface area contributed by atoms with Gasteiger partial charge in [0.1, 0.15) is 5.82 Å². The fourth-order valence-electron chi connectivity index (χ4n) is 2.11. The van der Waals surface area contributed by atoms with Crippen LogP contribution in [0.1, 0.15) is 17.8 Å². The summed E-state index contributed by atoms with van der Waals surface area (Å²) in [6.07, 6.45) is 2.08. The molecule has 2 rings (SSSR count). The summed E-state index contributed by atoms with van der Waals surface area (Å²) in [6, 6.07) is 6.53. The van der Waals surface area contributed by atoms with E-state index >= 15 is 0 Å². The molecule has 0 aliphatic rings. The number of benzene rings is 1. The van der Waals surface area contributed by atoms with E-state index in [9.17, 15) is 0 Å². The van der Waals surface area contributed by atoms with E-state index in [2.05, 4.69) is 40.1 Å². The standard InChI is InChI=1S/C14H22N4/c1-11-17-13-10-12(4-5-14(13)18(11)2)6-9-16-8-3-7-15/h4-5,10,16H,3,6-9,15H2,1-2H3. The number of nitrogens with one attached hydrogen (secondary N) is 1. The molecular formula is C14H22N4. The zero-order valence-corrected chi connectivity index (χ0v) is 11.2. The van der Waals surface area contributed by atoms with Crippen LogP contribution in [0.25, 0.3) is 11.0 Å². The summed E-state index contributed by atoms with van der Waals surface area (Å²) in [4.78, 5) is 4.56. The quantitative estimate of drug-likeness (QED) is 0.757. The molecule has 0 aliphatic heterocycles. The predicted octanol–water partition coefficient (Wildman–Crippen LogP) is 1.36. The van der Waals surface area contributed by atoms with E-state index in [0.717, 1.165) is 43.8 Å². The van der Waals surface area contributed by atoms with Crippen LogP contribution in [-0.2, 0) is 13.5 Å². The Morgan fingerprint density at radius 3 is 2.94 bits per heavy atom. The van der Waals surface area contributed by atoms with E-state index in [0.29, 0.717) is 0 Å². The van der Waals surface area contributed by atoms with Crippen molar-refractivity contribution in [1.82, 2.24) is 14.9 Å². The van der Waals surface area contributed by atoms with Crippen molar-refractivity contribution >= 4 is 11.0 Å². The van der Waals surface area contributed by atoms with Crippen LogP contribution in [0.15, 0.2) is 18.2 Å². The number of nitrogens with zero attached hydrogens (tertiary/aromatic N) is 2. The molecule has 1 aromatic heterocycles. The lowest BCUT2D eigenvalue weighted by molar-refractivity contribution is 0.653. The lowest BCUT2D eigenvalue weighted by Crippen LogP contribution is -2.20. The summed E-state index contributed by atoms with van der Waals surface area (Å²) < 4.78 is 2.12. The van der Waals surface area contributed by atoms with Crippen molar-refractivity contribution in [2.75, 3.05) is 19.6 Å². The van der Waals surface area contributed by atoms with Crippen molar-refractivity contribution in [2.24, 2.45) is 12.8 Å². The summed E-state index contributed by atoms with van der Waals surface area (Å²) >= 11 is 0. The molecule has 18 heavy (non-hydrogen) atoms. The first-order valence-corrected chi connectivity index (χ1v) is 6.55. The van der Waals surface area contributed by atoms with Crippen molar-refractivity contribution in [3.05, 3.63) is 29.6 Å². The monoisotopic (exact) mass is 246 g/mol. The van der Waals surface area contributed by atoms with Gasteiger partial charge in [-0.1, -0.05) is 6.07 Å². The summed E-state index contributed by atoms with van der Waals surface area (Å²) in [6.45, 7) is 4.79. The number of hydrogen-bond donors (Lipinski definition) is 2. The summed E-state index contributed by atoms with van der Waals surface area (Å²) in [5.41, 5.74) is 9.08. The Morgan fingerprint density at radius 2 is 2.17 bits per heavy atom. The van der Waals surface area contributed by atoms with Gasteiger partial charge in [-0.25, -0.2) is 4.98 Å². The average Bonchev–Trinajstić information content (AvgIpc) is 2.65. The third-order valence-electron chi connectivity index (χ3n) is 3.32.